The molecule has 0 rings (SSSR count). The van der Waals surface area contributed by atoms with E-state index in [-0.39, 0.29) is 35.0 Å². The molecule has 0 amide bonds. The van der Waals surface area contributed by atoms with E-state index < -0.39 is 0 Å². The predicted octanol–water partition coefficient (Wildman–Crippen LogP) is 4.82. The summed E-state index contributed by atoms with van der Waals surface area (Å²) in [6.45, 7) is 6.24. The molecule has 0 saturated heterocycles. The first-order valence-electron chi connectivity index (χ1n) is 13.3. The van der Waals surface area contributed by atoms with Crippen LogP contribution in [-0.4, -0.2) is 18.6 Å². The number of quaternary nitrogens is 1. The number of hydroxylamine groups is 2. The molecule has 0 aliphatic carbocycles. The van der Waals surface area contributed by atoms with Crippen molar-refractivity contribution in [2.24, 2.45) is 0 Å². The second kappa shape index (κ2) is 32.1. The molecule has 2 N–H and O–H groups in total. The maximum atomic E-state index is 12.0. The van der Waals surface area contributed by atoms with E-state index in [1.807, 2.05) is 0 Å². The van der Waals surface area contributed by atoms with Crippen LogP contribution in [0.15, 0.2) is 0 Å². The molecule has 178 valence electrons. The zero-order valence-corrected chi connectivity index (χ0v) is 23.3. The molecule has 0 aromatic heterocycles. The average molecular weight is 438 g/mol. The normalized spacial score (nSPS) is 11.7. The first kappa shape index (κ1) is 35.5. The first-order valence-corrected chi connectivity index (χ1v) is 13.3. The van der Waals surface area contributed by atoms with E-state index in [9.17, 15) is 5.21 Å². The van der Waals surface area contributed by atoms with Gasteiger partial charge in [0.15, 0.2) is 0 Å². The van der Waals surface area contributed by atoms with E-state index in [1.54, 1.807) is 0 Å². The summed E-state index contributed by atoms with van der Waals surface area (Å²) >= 11 is 0. The fourth-order valence-corrected chi connectivity index (χ4v) is 4.10. The molecule has 0 aliphatic rings. The van der Waals surface area contributed by atoms with Crippen LogP contribution in [0.3, 0.4) is 0 Å². The molecular formula is C26H56NNaO2. The topological polar surface area (TPSA) is 57.5 Å². The Bertz CT molecular complexity index is 280. The summed E-state index contributed by atoms with van der Waals surface area (Å²) in [5.41, 5.74) is 0. The van der Waals surface area contributed by atoms with Gasteiger partial charge >= 0.3 is 29.6 Å². The molecule has 0 fully saturated rings. The predicted molar refractivity (Wildman–Crippen MR) is 129 cm³/mol. The standard InChI is InChI=1S/C26H55NO.Na.H2O/c1-3-5-7-9-11-13-15-16-18-20-22-24-26-27(28)25-23-21-19-17-14-12-10-8-6-4-2;;/h27H,3-26H2,1-2H3;;1H2/q;+1;/p-1. The van der Waals surface area contributed by atoms with Crippen molar-refractivity contribution in [3.05, 3.63) is 5.21 Å². The van der Waals surface area contributed by atoms with Crippen LogP contribution in [0.1, 0.15) is 155 Å². The monoisotopic (exact) mass is 437 g/mol. The van der Waals surface area contributed by atoms with Gasteiger partial charge in [-0.3, -0.25) is 0 Å². The van der Waals surface area contributed by atoms with Crippen LogP contribution in [0, 0.1) is 5.21 Å². The van der Waals surface area contributed by atoms with Crippen LogP contribution >= 0.6 is 0 Å². The zero-order valence-electron chi connectivity index (χ0n) is 21.3. The SMILES string of the molecule is CCCCCCCCCCCCCC[NH+]([O-])CCCCCCCCCCCC.[Na+].[OH-]. The average Bonchev–Trinajstić information content (AvgIpc) is 2.70. The second-order valence-corrected chi connectivity index (χ2v) is 9.11. The van der Waals surface area contributed by atoms with Crippen LogP contribution in [0.25, 0.3) is 0 Å². The number of hydrogen-bond donors (Lipinski definition) is 1. The van der Waals surface area contributed by atoms with Crippen molar-refractivity contribution >= 4 is 0 Å². The van der Waals surface area contributed by atoms with Gasteiger partial charge < -0.3 is 15.7 Å². The van der Waals surface area contributed by atoms with Gasteiger partial charge in [-0.2, -0.15) is 0 Å². The van der Waals surface area contributed by atoms with Gasteiger partial charge in [-0.1, -0.05) is 129 Å². The van der Waals surface area contributed by atoms with Gasteiger partial charge in [-0.15, -0.1) is 0 Å². The van der Waals surface area contributed by atoms with Crippen molar-refractivity contribution in [1.29, 1.82) is 0 Å². The van der Waals surface area contributed by atoms with Crippen LogP contribution in [0.5, 0.6) is 0 Å². The van der Waals surface area contributed by atoms with Gasteiger partial charge in [0, 0.05) is 0 Å². The summed E-state index contributed by atoms with van der Waals surface area (Å²) in [5, 5.41) is 12.5. The van der Waals surface area contributed by atoms with E-state index >= 15 is 0 Å². The minimum Gasteiger partial charge on any atom is -0.870 e. The molecule has 0 heterocycles. The minimum atomic E-state index is 0. The van der Waals surface area contributed by atoms with E-state index in [0.717, 1.165) is 25.9 Å². The summed E-state index contributed by atoms with van der Waals surface area (Å²) in [5.74, 6) is 0. The largest absolute Gasteiger partial charge is 1.00 e. The van der Waals surface area contributed by atoms with Crippen LogP contribution in [0.4, 0.5) is 0 Å². The van der Waals surface area contributed by atoms with Crippen molar-refractivity contribution in [1.82, 2.24) is 0 Å². The molecule has 0 radical (unpaired) electrons. The molecule has 30 heavy (non-hydrogen) atoms. The fraction of sp³-hybridized carbons (Fsp3) is 1.00. The van der Waals surface area contributed by atoms with Gasteiger partial charge in [0.2, 0.25) is 0 Å². The number of rotatable bonds is 24. The minimum absolute atomic E-state index is 0. The van der Waals surface area contributed by atoms with Crippen molar-refractivity contribution in [2.75, 3.05) is 13.1 Å². The Labute approximate surface area is 212 Å². The number of unbranched alkanes of at least 4 members (excludes halogenated alkanes) is 20. The summed E-state index contributed by atoms with van der Waals surface area (Å²) in [6.07, 6.45) is 29.9. The third-order valence-corrected chi connectivity index (χ3v) is 6.12. The molecule has 3 nitrogen and oxygen atoms in total. The Morgan fingerprint density at radius 2 is 0.600 bits per heavy atom. The third kappa shape index (κ3) is 31.1. The van der Waals surface area contributed by atoms with Gasteiger partial charge in [0.05, 0.1) is 13.1 Å². The van der Waals surface area contributed by atoms with Crippen LogP contribution < -0.4 is 34.6 Å². The molecule has 0 spiro atoms. The summed E-state index contributed by atoms with van der Waals surface area (Å²) < 4.78 is 0. The van der Waals surface area contributed by atoms with Crippen molar-refractivity contribution < 1.29 is 40.1 Å². The van der Waals surface area contributed by atoms with E-state index in [0.29, 0.717) is 5.06 Å². The molecule has 0 aliphatic heterocycles. The maximum absolute atomic E-state index is 12.0. The van der Waals surface area contributed by atoms with Gasteiger partial charge in [0.1, 0.15) is 0 Å². The zero-order chi connectivity index (χ0) is 20.5. The Morgan fingerprint density at radius 3 is 0.833 bits per heavy atom. The van der Waals surface area contributed by atoms with E-state index in [2.05, 4.69) is 13.8 Å². The molecule has 0 aromatic rings. The summed E-state index contributed by atoms with van der Waals surface area (Å²) in [6, 6.07) is 0. The fourth-order valence-electron chi connectivity index (χ4n) is 4.10. The van der Waals surface area contributed by atoms with Gasteiger partial charge in [0.25, 0.3) is 0 Å². The summed E-state index contributed by atoms with van der Waals surface area (Å²) in [7, 11) is 0. The molecule has 1 atom stereocenters. The molecule has 0 aromatic carbocycles. The summed E-state index contributed by atoms with van der Waals surface area (Å²) in [4.78, 5) is 0. The molecule has 0 bridgehead atoms. The van der Waals surface area contributed by atoms with Crippen LogP contribution in [-0.2, 0) is 0 Å². The third-order valence-electron chi connectivity index (χ3n) is 6.12. The Kier molecular flexibility index (Phi) is 37.9. The smallest absolute Gasteiger partial charge is 0.870 e. The second-order valence-electron chi connectivity index (χ2n) is 9.11. The van der Waals surface area contributed by atoms with Crippen molar-refractivity contribution in [3.63, 3.8) is 0 Å². The first-order chi connectivity index (χ1) is 13.8. The van der Waals surface area contributed by atoms with E-state index in [4.69, 9.17) is 0 Å². The molecule has 4 heteroatoms. The Balaban J connectivity index is -0.00000364. The van der Waals surface area contributed by atoms with E-state index in [1.165, 1.54) is 128 Å². The van der Waals surface area contributed by atoms with Crippen molar-refractivity contribution in [3.8, 4) is 0 Å². The molecular weight excluding hydrogens is 381 g/mol. The van der Waals surface area contributed by atoms with Crippen LogP contribution in [0.2, 0.25) is 0 Å². The molecule has 1 unspecified atom stereocenters. The Morgan fingerprint density at radius 1 is 0.400 bits per heavy atom. The quantitative estimate of drug-likeness (QED) is 0.134. The van der Waals surface area contributed by atoms with Gasteiger partial charge in [-0.25, -0.2) is 0 Å². The number of hydrogen-bond acceptors (Lipinski definition) is 2. The maximum Gasteiger partial charge on any atom is 1.00 e. The van der Waals surface area contributed by atoms with Gasteiger partial charge in [-0.05, 0) is 25.7 Å². The number of nitrogens with one attached hydrogen (secondary N) is 1. The molecule has 0 saturated carbocycles. The Hall–Kier alpha value is 0.880. The van der Waals surface area contributed by atoms with Crippen molar-refractivity contribution in [2.45, 2.75) is 155 Å².